The number of allylic oxidation sites excluding steroid dienone is 1. The molecule has 0 spiro atoms. The third-order valence-corrected chi connectivity index (χ3v) is 7.57. The minimum atomic E-state index is -0.123. The minimum absolute atomic E-state index is 0.0313. The number of nitrogens with two attached hydrogens (primary N) is 1. The third kappa shape index (κ3) is 2.79. The Labute approximate surface area is 175 Å². The van der Waals surface area contributed by atoms with Crippen LogP contribution in [0.3, 0.4) is 0 Å². The first kappa shape index (κ1) is 18.1. The van der Waals surface area contributed by atoms with Gasteiger partial charge in [-0.05, 0) is 68.1 Å². The summed E-state index contributed by atoms with van der Waals surface area (Å²) >= 11 is 0. The van der Waals surface area contributed by atoms with Crippen LogP contribution in [0.2, 0.25) is 0 Å². The molecule has 156 valence electrons. The molecule has 5 aliphatic carbocycles. The fourth-order valence-electron chi connectivity index (χ4n) is 6.23. The summed E-state index contributed by atoms with van der Waals surface area (Å²) in [6.45, 7) is 1.85. The van der Waals surface area contributed by atoms with Crippen molar-refractivity contribution in [2.24, 2.45) is 23.5 Å². The summed E-state index contributed by atoms with van der Waals surface area (Å²) in [6.07, 6.45) is 7.81. The van der Waals surface area contributed by atoms with Crippen molar-refractivity contribution in [2.75, 3.05) is 19.6 Å². The topological polar surface area (TPSA) is 92.7 Å². The highest BCUT2D eigenvalue weighted by molar-refractivity contribution is 6.02. The van der Waals surface area contributed by atoms with E-state index in [1.807, 2.05) is 0 Å². The number of pyridine rings is 1. The minimum Gasteiger partial charge on any atom is -0.348 e. The number of nitrogens with zero attached hydrogens (tertiary/aromatic N) is 3. The highest BCUT2D eigenvalue weighted by Crippen LogP contribution is 2.59. The molecule has 0 aromatic carbocycles. The second-order valence-corrected chi connectivity index (χ2v) is 9.49. The number of rotatable bonds is 4. The van der Waals surface area contributed by atoms with Gasteiger partial charge in [-0.1, -0.05) is 11.1 Å². The molecule has 4 bridgehead atoms. The van der Waals surface area contributed by atoms with Crippen LogP contribution in [0.4, 0.5) is 0 Å². The van der Waals surface area contributed by atoms with Gasteiger partial charge in [0.05, 0.1) is 11.1 Å². The number of nitrogens with one attached hydrogen (secondary N) is 1. The highest BCUT2D eigenvalue weighted by Gasteiger charge is 2.47. The second-order valence-electron chi connectivity index (χ2n) is 9.49. The van der Waals surface area contributed by atoms with Gasteiger partial charge in [0.1, 0.15) is 0 Å². The molecule has 7 heteroatoms. The van der Waals surface area contributed by atoms with E-state index < -0.39 is 0 Å². The summed E-state index contributed by atoms with van der Waals surface area (Å²) < 4.78 is 1.62. The van der Waals surface area contributed by atoms with E-state index in [0.717, 1.165) is 30.6 Å². The lowest BCUT2D eigenvalue weighted by atomic mass is 9.51. The van der Waals surface area contributed by atoms with E-state index in [1.54, 1.807) is 39.4 Å². The predicted octanol–water partition coefficient (Wildman–Crippen LogP) is 1.98. The lowest BCUT2D eigenvalue weighted by molar-refractivity contribution is 0.0784. The van der Waals surface area contributed by atoms with Crippen LogP contribution >= 0.6 is 0 Å². The van der Waals surface area contributed by atoms with Gasteiger partial charge < -0.3 is 16.0 Å². The molecular weight excluding hydrogens is 378 g/mol. The van der Waals surface area contributed by atoms with Crippen molar-refractivity contribution < 1.29 is 9.59 Å². The van der Waals surface area contributed by atoms with Gasteiger partial charge in [-0.3, -0.25) is 9.59 Å². The predicted molar refractivity (Wildman–Crippen MR) is 112 cm³/mol. The van der Waals surface area contributed by atoms with Crippen LogP contribution in [0.5, 0.6) is 0 Å². The maximum atomic E-state index is 13.0. The number of fused-ring (bicyclic) bond motifs is 2. The molecule has 30 heavy (non-hydrogen) atoms. The summed E-state index contributed by atoms with van der Waals surface area (Å²) in [5.41, 5.74) is 10.6. The van der Waals surface area contributed by atoms with E-state index in [9.17, 15) is 9.59 Å². The Morgan fingerprint density at radius 1 is 1.23 bits per heavy atom. The molecule has 8 rings (SSSR count). The highest BCUT2D eigenvalue weighted by atomic mass is 16.2. The molecule has 7 nitrogen and oxygen atoms in total. The number of amides is 2. The third-order valence-electron chi connectivity index (χ3n) is 7.57. The molecule has 1 saturated heterocycles. The van der Waals surface area contributed by atoms with Gasteiger partial charge in [0.15, 0.2) is 5.69 Å². The van der Waals surface area contributed by atoms with Crippen LogP contribution in [0, 0.1) is 17.8 Å². The molecule has 3 N–H and O–H groups in total. The summed E-state index contributed by atoms with van der Waals surface area (Å²) in [5, 5.41) is 7.55. The van der Waals surface area contributed by atoms with Crippen LogP contribution in [0.15, 0.2) is 35.5 Å². The van der Waals surface area contributed by atoms with Crippen molar-refractivity contribution in [3.63, 3.8) is 0 Å². The molecule has 6 aliphatic rings. The van der Waals surface area contributed by atoms with E-state index >= 15 is 0 Å². The van der Waals surface area contributed by atoms with Crippen molar-refractivity contribution in [2.45, 2.75) is 38.1 Å². The van der Waals surface area contributed by atoms with Gasteiger partial charge >= 0.3 is 0 Å². The van der Waals surface area contributed by atoms with Crippen molar-refractivity contribution in [1.82, 2.24) is 19.8 Å². The molecule has 2 aromatic rings. The number of hydrogen-bond acceptors (Lipinski definition) is 4. The van der Waals surface area contributed by atoms with E-state index in [0.29, 0.717) is 36.4 Å². The Bertz CT molecular complexity index is 1070. The van der Waals surface area contributed by atoms with Gasteiger partial charge in [0.25, 0.3) is 11.8 Å². The van der Waals surface area contributed by atoms with Gasteiger partial charge in [-0.25, -0.2) is 4.52 Å². The Morgan fingerprint density at radius 2 is 2.07 bits per heavy atom. The maximum Gasteiger partial charge on any atom is 0.274 e. The molecule has 2 amide bonds. The SMILES string of the molecule is N[C@@H]1CCN(C(=O)c2cc3c(C(=O)NCC4=C5C6CC(C4)CC5C6)cccn3n2)C1. The van der Waals surface area contributed by atoms with E-state index in [1.165, 1.54) is 24.8 Å². The zero-order valence-corrected chi connectivity index (χ0v) is 17.0. The van der Waals surface area contributed by atoms with Crippen LogP contribution in [-0.4, -0.2) is 52.0 Å². The van der Waals surface area contributed by atoms with E-state index in [2.05, 4.69) is 10.4 Å². The second kappa shape index (κ2) is 6.67. The first-order chi connectivity index (χ1) is 14.6. The Morgan fingerprint density at radius 3 is 2.80 bits per heavy atom. The van der Waals surface area contributed by atoms with Crippen LogP contribution in [0.1, 0.15) is 53.0 Å². The maximum absolute atomic E-state index is 13.0. The van der Waals surface area contributed by atoms with E-state index in [4.69, 9.17) is 5.73 Å². The molecule has 2 unspecified atom stereocenters. The molecule has 3 saturated carbocycles. The Hall–Kier alpha value is -2.67. The molecule has 1 aliphatic heterocycles. The zero-order chi connectivity index (χ0) is 20.4. The summed E-state index contributed by atoms with van der Waals surface area (Å²) in [7, 11) is 0. The number of hydrogen-bond donors (Lipinski definition) is 2. The molecule has 2 aromatic heterocycles. The van der Waals surface area contributed by atoms with E-state index in [-0.39, 0.29) is 17.9 Å². The first-order valence-corrected chi connectivity index (χ1v) is 11.1. The van der Waals surface area contributed by atoms with Gasteiger partial charge in [-0.15, -0.1) is 0 Å². The molecule has 3 atom stereocenters. The summed E-state index contributed by atoms with van der Waals surface area (Å²) in [6, 6.07) is 5.35. The zero-order valence-electron chi connectivity index (χ0n) is 17.0. The molecular formula is C23H27N5O2. The quantitative estimate of drug-likeness (QED) is 0.761. The molecule has 4 fully saturated rings. The number of carbonyl (C=O) groups excluding carboxylic acids is 2. The first-order valence-electron chi connectivity index (χ1n) is 11.1. The van der Waals surface area contributed by atoms with Crippen LogP contribution < -0.4 is 11.1 Å². The lowest BCUT2D eigenvalue weighted by Crippen LogP contribution is -2.44. The van der Waals surface area contributed by atoms with Crippen LogP contribution in [0.25, 0.3) is 5.52 Å². The van der Waals surface area contributed by atoms with Crippen molar-refractivity contribution in [3.8, 4) is 0 Å². The smallest absolute Gasteiger partial charge is 0.274 e. The van der Waals surface area contributed by atoms with Crippen molar-refractivity contribution in [3.05, 3.63) is 46.8 Å². The largest absolute Gasteiger partial charge is 0.348 e. The molecule has 3 heterocycles. The number of likely N-dealkylation sites (tertiary alicyclic amines) is 1. The number of aromatic nitrogens is 2. The van der Waals surface area contributed by atoms with Gasteiger partial charge in [0, 0.05) is 31.9 Å². The van der Waals surface area contributed by atoms with Crippen molar-refractivity contribution >= 4 is 17.3 Å². The van der Waals surface area contributed by atoms with Gasteiger partial charge in [-0.2, -0.15) is 5.10 Å². The normalized spacial score (nSPS) is 29.4. The number of carbonyl (C=O) groups is 2. The van der Waals surface area contributed by atoms with Crippen molar-refractivity contribution in [1.29, 1.82) is 0 Å². The van der Waals surface area contributed by atoms with Gasteiger partial charge in [0.2, 0.25) is 0 Å². The average Bonchev–Trinajstić information content (AvgIpc) is 3.37. The molecule has 0 radical (unpaired) electrons. The monoisotopic (exact) mass is 405 g/mol. The Kier molecular flexibility index (Phi) is 4.03. The summed E-state index contributed by atoms with van der Waals surface area (Å²) in [5.74, 6) is 2.18. The Balaban J connectivity index is 1.22. The van der Waals surface area contributed by atoms with Crippen LogP contribution in [-0.2, 0) is 0 Å². The summed E-state index contributed by atoms with van der Waals surface area (Å²) in [4.78, 5) is 27.5. The fourth-order valence-corrected chi connectivity index (χ4v) is 6.23. The standard InChI is InChI=1S/C23H27N5O2/c24-17-3-5-27(12-17)23(30)19-10-20-18(2-1-4-28(20)26-19)22(29)25-11-16-8-13-6-14-9-15(7-13)21(14)16/h1-2,4,10,13-15,17H,3,5-9,11-12,24H2,(H,25,29)/t13?,14?,15?,17-/m1/s1. The average molecular weight is 406 g/mol. The fraction of sp³-hybridized carbons (Fsp3) is 0.522. The lowest BCUT2D eigenvalue weighted by Gasteiger charge is -2.54.